The minimum atomic E-state index is -0.226. The van der Waals surface area contributed by atoms with Gasteiger partial charge in [0, 0.05) is 6.54 Å². The molecule has 4 rings (SSSR count). The van der Waals surface area contributed by atoms with Gasteiger partial charge in [-0.2, -0.15) is 0 Å². The van der Waals surface area contributed by atoms with E-state index < -0.39 is 0 Å². The van der Waals surface area contributed by atoms with Gasteiger partial charge >= 0.3 is 0 Å². The molecular formula is C24H24FN3. The molecule has 28 heavy (non-hydrogen) atoms. The van der Waals surface area contributed by atoms with Crippen LogP contribution in [0.2, 0.25) is 0 Å². The van der Waals surface area contributed by atoms with E-state index in [1.54, 1.807) is 12.1 Å². The molecule has 2 N–H and O–H groups in total. The van der Waals surface area contributed by atoms with Gasteiger partial charge in [-0.25, -0.2) is 9.38 Å². The van der Waals surface area contributed by atoms with Crippen molar-refractivity contribution >= 4 is 5.96 Å². The Labute approximate surface area is 165 Å². The summed E-state index contributed by atoms with van der Waals surface area (Å²) < 4.78 is 13.4. The Balaban J connectivity index is 1.62. The van der Waals surface area contributed by atoms with Gasteiger partial charge in [-0.15, -0.1) is 0 Å². The average Bonchev–Trinajstić information content (AvgIpc) is 3.11. The molecule has 0 spiro atoms. The summed E-state index contributed by atoms with van der Waals surface area (Å²) in [6.07, 6.45) is 0. The predicted molar refractivity (Wildman–Crippen MR) is 112 cm³/mol. The molecule has 4 heteroatoms. The zero-order valence-corrected chi connectivity index (χ0v) is 16.1. The minimum absolute atomic E-state index is 0.0164. The van der Waals surface area contributed by atoms with Gasteiger partial charge in [0.1, 0.15) is 11.9 Å². The lowest BCUT2D eigenvalue weighted by atomic mass is 9.90. The van der Waals surface area contributed by atoms with E-state index >= 15 is 0 Å². The summed E-state index contributed by atoms with van der Waals surface area (Å²) in [7, 11) is 0. The molecule has 1 heterocycles. The fourth-order valence-electron chi connectivity index (χ4n) is 3.76. The highest BCUT2D eigenvalue weighted by molar-refractivity contribution is 5.83. The molecule has 1 aliphatic heterocycles. The summed E-state index contributed by atoms with van der Waals surface area (Å²) in [6, 6.07) is 23.5. The molecule has 3 nitrogen and oxygen atoms in total. The van der Waals surface area contributed by atoms with Crippen molar-refractivity contribution in [1.29, 1.82) is 0 Å². The van der Waals surface area contributed by atoms with E-state index in [9.17, 15) is 4.39 Å². The molecule has 3 aromatic rings. The Bertz CT molecular complexity index is 1010. The normalized spacial score (nSPS) is 18.5. The van der Waals surface area contributed by atoms with Gasteiger partial charge < -0.3 is 10.6 Å². The first-order chi connectivity index (χ1) is 13.6. The highest BCUT2D eigenvalue weighted by Crippen LogP contribution is 2.38. The van der Waals surface area contributed by atoms with Crippen molar-refractivity contribution in [3.05, 3.63) is 106 Å². The van der Waals surface area contributed by atoms with Gasteiger partial charge in [0.05, 0.1) is 6.04 Å². The van der Waals surface area contributed by atoms with E-state index in [0.717, 1.165) is 11.5 Å². The first kappa shape index (κ1) is 18.2. The number of nitrogens with one attached hydrogen (secondary N) is 2. The number of halogens is 1. The Morgan fingerprint density at radius 2 is 1.57 bits per heavy atom. The zero-order chi connectivity index (χ0) is 19.5. The van der Waals surface area contributed by atoms with Crippen LogP contribution in [0, 0.1) is 19.7 Å². The molecule has 0 aromatic heterocycles. The summed E-state index contributed by atoms with van der Waals surface area (Å²) in [5, 5.41) is 6.89. The summed E-state index contributed by atoms with van der Waals surface area (Å²) >= 11 is 0. The first-order valence-corrected chi connectivity index (χ1v) is 9.55. The third-order valence-electron chi connectivity index (χ3n) is 5.26. The van der Waals surface area contributed by atoms with Crippen molar-refractivity contribution in [3.8, 4) is 0 Å². The molecule has 0 radical (unpaired) electrons. The van der Waals surface area contributed by atoms with Crippen LogP contribution >= 0.6 is 0 Å². The molecular weight excluding hydrogens is 349 g/mol. The minimum Gasteiger partial charge on any atom is -0.352 e. The Morgan fingerprint density at radius 1 is 0.893 bits per heavy atom. The van der Waals surface area contributed by atoms with Crippen LogP contribution in [0.5, 0.6) is 0 Å². The third kappa shape index (κ3) is 3.77. The Morgan fingerprint density at radius 3 is 2.25 bits per heavy atom. The molecule has 0 amide bonds. The van der Waals surface area contributed by atoms with E-state index in [-0.39, 0.29) is 17.9 Å². The molecule has 0 saturated carbocycles. The van der Waals surface area contributed by atoms with E-state index in [1.165, 1.54) is 28.3 Å². The van der Waals surface area contributed by atoms with Crippen molar-refractivity contribution in [2.24, 2.45) is 4.99 Å². The number of nitrogens with zero attached hydrogens (tertiary/aromatic N) is 1. The monoisotopic (exact) mass is 373 g/mol. The summed E-state index contributed by atoms with van der Waals surface area (Å²) in [6.45, 7) is 4.77. The molecule has 0 unspecified atom stereocenters. The third-order valence-corrected chi connectivity index (χ3v) is 5.26. The van der Waals surface area contributed by atoms with Gasteiger partial charge in [-0.1, -0.05) is 60.7 Å². The van der Waals surface area contributed by atoms with Crippen molar-refractivity contribution in [2.45, 2.75) is 32.5 Å². The van der Waals surface area contributed by atoms with Crippen LogP contribution in [-0.2, 0) is 6.54 Å². The second-order valence-electron chi connectivity index (χ2n) is 7.24. The Hall–Kier alpha value is -3.14. The zero-order valence-electron chi connectivity index (χ0n) is 16.1. The van der Waals surface area contributed by atoms with E-state index in [4.69, 9.17) is 4.99 Å². The number of aryl methyl sites for hydroxylation is 2. The highest BCUT2D eigenvalue weighted by Gasteiger charge is 2.32. The van der Waals surface area contributed by atoms with E-state index in [1.807, 2.05) is 6.07 Å². The summed E-state index contributed by atoms with van der Waals surface area (Å²) in [5.41, 5.74) is 5.80. The molecule has 0 fully saturated rings. The Kier molecular flexibility index (Phi) is 5.11. The lowest BCUT2D eigenvalue weighted by molar-refractivity contribution is 0.565. The standard InChI is InChI=1S/C24H24FN3/c1-16-8-3-5-12-20(16)22-23(21-13-6-4-9-17(21)2)28-24(27-22)26-15-18-10-7-11-19(25)14-18/h3-14,22-23H,15H2,1-2H3,(H2,26,27,28)/t22-,23+. The van der Waals surface area contributed by atoms with Crippen molar-refractivity contribution in [2.75, 3.05) is 0 Å². The van der Waals surface area contributed by atoms with Crippen LogP contribution in [0.25, 0.3) is 0 Å². The number of aliphatic imine (C=N–C) groups is 1. The fraction of sp³-hybridized carbons (Fsp3) is 0.208. The van der Waals surface area contributed by atoms with E-state index in [0.29, 0.717) is 6.54 Å². The number of benzene rings is 3. The van der Waals surface area contributed by atoms with Gasteiger partial charge in [0.2, 0.25) is 0 Å². The first-order valence-electron chi connectivity index (χ1n) is 9.55. The summed E-state index contributed by atoms with van der Waals surface area (Å²) in [4.78, 5) is 4.96. The van der Waals surface area contributed by atoms with Crippen molar-refractivity contribution < 1.29 is 4.39 Å². The van der Waals surface area contributed by atoms with Crippen LogP contribution < -0.4 is 10.6 Å². The lowest BCUT2D eigenvalue weighted by Crippen LogP contribution is -2.35. The van der Waals surface area contributed by atoms with Crippen molar-refractivity contribution in [3.63, 3.8) is 0 Å². The van der Waals surface area contributed by atoms with Crippen LogP contribution in [0.3, 0.4) is 0 Å². The number of hydrogen-bond donors (Lipinski definition) is 2. The largest absolute Gasteiger partial charge is 0.352 e. The molecule has 0 aliphatic carbocycles. The van der Waals surface area contributed by atoms with Gasteiger partial charge in [0.25, 0.3) is 0 Å². The summed E-state index contributed by atoms with van der Waals surface area (Å²) in [5.74, 6) is 0.516. The lowest BCUT2D eigenvalue weighted by Gasteiger charge is -2.22. The van der Waals surface area contributed by atoms with Gasteiger partial charge in [-0.05, 0) is 53.8 Å². The van der Waals surface area contributed by atoms with Crippen LogP contribution in [-0.4, -0.2) is 5.96 Å². The molecule has 0 saturated heterocycles. The van der Waals surface area contributed by atoms with E-state index in [2.05, 4.69) is 73.0 Å². The number of rotatable bonds is 4. The van der Waals surface area contributed by atoms with Crippen LogP contribution in [0.15, 0.2) is 77.8 Å². The topological polar surface area (TPSA) is 36.4 Å². The van der Waals surface area contributed by atoms with Crippen LogP contribution in [0.1, 0.15) is 39.9 Å². The fourth-order valence-corrected chi connectivity index (χ4v) is 3.76. The maximum Gasteiger partial charge on any atom is 0.192 e. The second-order valence-corrected chi connectivity index (χ2v) is 7.24. The molecule has 142 valence electrons. The van der Waals surface area contributed by atoms with Gasteiger partial charge in [0.15, 0.2) is 5.96 Å². The van der Waals surface area contributed by atoms with Crippen molar-refractivity contribution in [1.82, 2.24) is 10.6 Å². The molecule has 0 bridgehead atoms. The molecule has 3 aromatic carbocycles. The quantitative estimate of drug-likeness (QED) is 0.677. The highest BCUT2D eigenvalue weighted by atomic mass is 19.1. The van der Waals surface area contributed by atoms with Gasteiger partial charge in [-0.3, -0.25) is 0 Å². The SMILES string of the molecule is Cc1ccccc1[C@H]1N=C(NCc2cccc(F)c2)N[C@H]1c1ccccc1C. The molecule has 2 atom stereocenters. The smallest absolute Gasteiger partial charge is 0.192 e. The predicted octanol–water partition coefficient (Wildman–Crippen LogP) is 4.97. The molecule has 1 aliphatic rings. The maximum absolute atomic E-state index is 13.4. The number of guanidine groups is 1. The average molecular weight is 373 g/mol. The number of hydrogen-bond acceptors (Lipinski definition) is 3. The second kappa shape index (κ2) is 7.85. The van der Waals surface area contributed by atoms with Crippen LogP contribution in [0.4, 0.5) is 4.39 Å². The maximum atomic E-state index is 13.4.